The van der Waals surface area contributed by atoms with E-state index in [1.165, 1.54) is 0 Å². The Kier molecular flexibility index (Phi) is 4.03. The van der Waals surface area contributed by atoms with Gasteiger partial charge >= 0.3 is 5.97 Å². The van der Waals surface area contributed by atoms with Gasteiger partial charge in [0.15, 0.2) is 0 Å². The van der Waals surface area contributed by atoms with Gasteiger partial charge in [0.1, 0.15) is 6.29 Å². The summed E-state index contributed by atoms with van der Waals surface area (Å²) in [7, 11) is 0. The molecule has 1 rings (SSSR count). The van der Waals surface area contributed by atoms with E-state index >= 15 is 0 Å². The fourth-order valence-electron chi connectivity index (χ4n) is 1.31. The molecule has 0 unspecified atom stereocenters. The third-order valence-electron chi connectivity index (χ3n) is 2.12. The third-order valence-corrected chi connectivity index (χ3v) is 2.12. The molecule has 0 atom stereocenters. The quantitative estimate of drug-likeness (QED) is 0.558. The van der Waals surface area contributed by atoms with Gasteiger partial charge in [-0.1, -0.05) is 12.1 Å². The number of carbonyl (C=O) groups excluding carboxylic acids is 2. The summed E-state index contributed by atoms with van der Waals surface area (Å²) in [5, 5.41) is 0. The van der Waals surface area contributed by atoms with E-state index in [1.54, 1.807) is 13.0 Å². The molecular formula is C12H14O3. The summed E-state index contributed by atoms with van der Waals surface area (Å²) in [5.74, 6) is -0.266. The van der Waals surface area contributed by atoms with Crippen molar-refractivity contribution in [3.63, 3.8) is 0 Å². The second-order valence-corrected chi connectivity index (χ2v) is 3.29. The molecular weight excluding hydrogens is 192 g/mol. The summed E-state index contributed by atoms with van der Waals surface area (Å²) in [6, 6.07) is 5.39. The first-order valence-electron chi connectivity index (χ1n) is 4.87. The summed E-state index contributed by atoms with van der Waals surface area (Å²) in [6.07, 6.45) is 1.01. The summed E-state index contributed by atoms with van der Waals surface area (Å²) in [4.78, 5) is 21.9. The summed E-state index contributed by atoms with van der Waals surface area (Å²) in [6.45, 7) is 4.01. The lowest BCUT2D eigenvalue weighted by Crippen LogP contribution is -2.07. The van der Waals surface area contributed by atoms with Crippen molar-refractivity contribution >= 4 is 12.3 Å². The first-order valence-corrected chi connectivity index (χ1v) is 4.87. The Morgan fingerprint density at radius 1 is 1.47 bits per heavy atom. The lowest BCUT2D eigenvalue weighted by atomic mass is 10.0. The number of hydrogen-bond donors (Lipinski definition) is 0. The van der Waals surface area contributed by atoms with Crippen molar-refractivity contribution in [1.29, 1.82) is 0 Å². The third kappa shape index (κ3) is 3.20. The van der Waals surface area contributed by atoms with Crippen LogP contribution in [0.1, 0.15) is 28.4 Å². The van der Waals surface area contributed by atoms with E-state index in [0.717, 1.165) is 17.4 Å². The molecule has 0 saturated heterocycles. The lowest BCUT2D eigenvalue weighted by Gasteiger charge is -2.04. The van der Waals surface area contributed by atoms with E-state index < -0.39 is 0 Å². The standard InChI is InChI=1S/C12H14O3/c1-3-15-12(14)7-10-5-4-9(2)11(6-10)8-13/h4-6,8H,3,7H2,1-2H3. The number of ether oxygens (including phenoxy) is 1. The number of aryl methyl sites for hydroxylation is 1. The Bertz CT molecular complexity index is 369. The van der Waals surface area contributed by atoms with E-state index in [-0.39, 0.29) is 12.4 Å². The van der Waals surface area contributed by atoms with Crippen molar-refractivity contribution in [2.45, 2.75) is 20.3 Å². The van der Waals surface area contributed by atoms with E-state index in [2.05, 4.69) is 0 Å². The molecule has 0 heterocycles. The van der Waals surface area contributed by atoms with Crippen LogP contribution in [0.3, 0.4) is 0 Å². The Morgan fingerprint density at radius 2 is 2.20 bits per heavy atom. The summed E-state index contributed by atoms with van der Waals surface area (Å²) < 4.78 is 4.82. The predicted molar refractivity (Wildman–Crippen MR) is 56.9 cm³/mol. The maximum absolute atomic E-state index is 11.2. The Hall–Kier alpha value is -1.64. The van der Waals surface area contributed by atoms with E-state index in [0.29, 0.717) is 12.2 Å². The molecule has 0 fully saturated rings. The highest BCUT2D eigenvalue weighted by molar-refractivity contribution is 5.79. The van der Waals surface area contributed by atoms with Gasteiger partial charge in [0.25, 0.3) is 0 Å². The van der Waals surface area contributed by atoms with Gasteiger partial charge in [0.05, 0.1) is 13.0 Å². The number of rotatable bonds is 4. The van der Waals surface area contributed by atoms with E-state index in [9.17, 15) is 9.59 Å². The second kappa shape index (κ2) is 5.29. The average Bonchev–Trinajstić information content (AvgIpc) is 2.21. The van der Waals surface area contributed by atoms with Crippen LogP contribution in [0.2, 0.25) is 0 Å². The molecule has 0 aliphatic heterocycles. The Labute approximate surface area is 89.1 Å². The fraction of sp³-hybridized carbons (Fsp3) is 0.333. The molecule has 1 aromatic carbocycles. The predicted octanol–water partition coefficient (Wildman–Crippen LogP) is 1.91. The van der Waals surface area contributed by atoms with Crippen LogP contribution in [-0.4, -0.2) is 18.9 Å². The fourth-order valence-corrected chi connectivity index (χ4v) is 1.31. The number of benzene rings is 1. The topological polar surface area (TPSA) is 43.4 Å². The van der Waals surface area contributed by atoms with Gasteiger partial charge in [0, 0.05) is 5.56 Å². The zero-order chi connectivity index (χ0) is 11.3. The van der Waals surface area contributed by atoms with Crippen LogP contribution in [0, 0.1) is 6.92 Å². The molecule has 0 aliphatic carbocycles. The van der Waals surface area contributed by atoms with Crippen LogP contribution in [0.25, 0.3) is 0 Å². The molecule has 1 aromatic rings. The number of hydrogen-bond acceptors (Lipinski definition) is 3. The molecule has 0 aliphatic rings. The molecule has 3 nitrogen and oxygen atoms in total. The van der Waals surface area contributed by atoms with Crippen LogP contribution in [0.5, 0.6) is 0 Å². The molecule has 3 heteroatoms. The second-order valence-electron chi connectivity index (χ2n) is 3.29. The first kappa shape index (κ1) is 11.4. The molecule has 0 radical (unpaired) electrons. The number of esters is 1. The van der Waals surface area contributed by atoms with Gasteiger partial charge in [-0.05, 0) is 31.0 Å². The maximum Gasteiger partial charge on any atom is 0.310 e. The van der Waals surface area contributed by atoms with E-state index in [4.69, 9.17) is 4.74 Å². The van der Waals surface area contributed by atoms with Gasteiger partial charge in [-0.2, -0.15) is 0 Å². The molecule has 0 bridgehead atoms. The maximum atomic E-state index is 11.2. The largest absolute Gasteiger partial charge is 0.466 e. The molecule has 0 spiro atoms. The van der Waals surface area contributed by atoms with Gasteiger partial charge in [0.2, 0.25) is 0 Å². The van der Waals surface area contributed by atoms with Crippen molar-refractivity contribution in [2.24, 2.45) is 0 Å². The highest BCUT2D eigenvalue weighted by atomic mass is 16.5. The van der Waals surface area contributed by atoms with Crippen molar-refractivity contribution in [2.75, 3.05) is 6.61 Å². The first-order chi connectivity index (χ1) is 7.17. The minimum Gasteiger partial charge on any atom is -0.466 e. The van der Waals surface area contributed by atoms with Crippen LogP contribution in [-0.2, 0) is 16.0 Å². The zero-order valence-electron chi connectivity index (χ0n) is 8.95. The molecule has 0 aromatic heterocycles. The minimum atomic E-state index is -0.266. The molecule has 0 saturated carbocycles. The zero-order valence-corrected chi connectivity index (χ0v) is 8.95. The minimum absolute atomic E-state index is 0.217. The molecule has 0 amide bonds. The van der Waals surface area contributed by atoms with Crippen molar-refractivity contribution in [3.05, 3.63) is 34.9 Å². The van der Waals surface area contributed by atoms with Crippen molar-refractivity contribution in [3.8, 4) is 0 Å². The average molecular weight is 206 g/mol. The van der Waals surface area contributed by atoms with Crippen LogP contribution < -0.4 is 0 Å². The van der Waals surface area contributed by atoms with Gasteiger partial charge < -0.3 is 4.74 Å². The van der Waals surface area contributed by atoms with Gasteiger partial charge in [-0.15, -0.1) is 0 Å². The van der Waals surface area contributed by atoms with Crippen molar-refractivity contribution < 1.29 is 14.3 Å². The van der Waals surface area contributed by atoms with E-state index in [1.807, 2.05) is 19.1 Å². The van der Waals surface area contributed by atoms with Crippen molar-refractivity contribution in [1.82, 2.24) is 0 Å². The Morgan fingerprint density at radius 3 is 2.80 bits per heavy atom. The SMILES string of the molecule is CCOC(=O)Cc1ccc(C)c(C=O)c1. The van der Waals surface area contributed by atoms with Gasteiger partial charge in [-0.3, -0.25) is 9.59 Å². The van der Waals surface area contributed by atoms with Crippen LogP contribution in [0.15, 0.2) is 18.2 Å². The number of carbonyl (C=O) groups is 2. The van der Waals surface area contributed by atoms with Crippen LogP contribution in [0.4, 0.5) is 0 Å². The Balaban J connectivity index is 2.78. The smallest absolute Gasteiger partial charge is 0.310 e. The monoisotopic (exact) mass is 206 g/mol. The van der Waals surface area contributed by atoms with Gasteiger partial charge in [-0.25, -0.2) is 0 Å². The highest BCUT2D eigenvalue weighted by Crippen LogP contribution is 2.10. The highest BCUT2D eigenvalue weighted by Gasteiger charge is 2.05. The molecule has 15 heavy (non-hydrogen) atoms. The lowest BCUT2D eigenvalue weighted by molar-refractivity contribution is -0.142. The molecule has 0 N–H and O–H groups in total. The number of aldehydes is 1. The molecule has 80 valence electrons. The van der Waals surface area contributed by atoms with Crippen LogP contribution >= 0.6 is 0 Å². The summed E-state index contributed by atoms with van der Waals surface area (Å²) >= 11 is 0. The normalized spacial score (nSPS) is 9.73. The summed E-state index contributed by atoms with van der Waals surface area (Å²) in [5.41, 5.74) is 2.34.